The van der Waals surface area contributed by atoms with Gasteiger partial charge in [0.25, 0.3) is 5.91 Å². The molecule has 19 heavy (non-hydrogen) atoms. The first-order valence-electron chi connectivity index (χ1n) is 6.23. The quantitative estimate of drug-likeness (QED) is 0.716. The van der Waals surface area contributed by atoms with E-state index in [9.17, 15) is 4.79 Å². The fourth-order valence-corrected chi connectivity index (χ4v) is 1.61. The summed E-state index contributed by atoms with van der Waals surface area (Å²) in [7, 11) is 0. The molecule has 0 aromatic heterocycles. The third-order valence-electron chi connectivity index (χ3n) is 2.43. The van der Waals surface area contributed by atoms with Crippen LogP contribution < -0.4 is 15.8 Å². The molecule has 5 nitrogen and oxygen atoms in total. The van der Waals surface area contributed by atoms with Crippen LogP contribution in [0.4, 0.5) is 0 Å². The SMILES string of the molecule is CC(N)Cc1ccccc1OCC(=O)NCCC#N. The predicted octanol–water partition coefficient (Wildman–Crippen LogP) is 0.985. The molecule has 1 aromatic rings. The summed E-state index contributed by atoms with van der Waals surface area (Å²) in [5.74, 6) is 0.445. The number of nitrogens with zero attached hydrogens (tertiary/aromatic N) is 1. The number of benzene rings is 1. The minimum Gasteiger partial charge on any atom is -0.483 e. The average Bonchev–Trinajstić information content (AvgIpc) is 2.37. The summed E-state index contributed by atoms with van der Waals surface area (Å²) in [4.78, 5) is 11.5. The van der Waals surface area contributed by atoms with Crippen molar-refractivity contribution in [3.8, 4) is 11.8 Å². The van der Waals surface area contributed by atoms with Gasteiger partial charge >= 0.3 is 0 Å². The summed E-state index contributed by atoms with van der Waals surface area (Å²) >= 11 is 0. The molecule has 0 bridgehead atoms. The van der Waals surface area contributed by atoms with E-state index in [1.54, 1.807) is 0 Å². The zero-order chi connectivity index (χ0) is 14.1. The molecular formula is C14H19N3O2. The summed E-state index contributed by atoms with van der Waals surface area (Å²) in [5.41, 5.74) is 6.75. The topological polar surface area (TPSA) is 88.1 Å². The monoisotopic (exact) mass is 261 g/mol. The maximum absolute atomic E-state index is 11.5. The molecule has 1 rings (SSSR count). The zero-order valence-corrected chi connectivity index (χ0v) is 11.1. The van der Waals surface area contributed by atoms with Crippen molar-refractivity contribution in [2.45, 2.75) is 25.8 Å². The van der Waals surface area contributed by atoms with Gasteiger partial charge in [0, 0.05) is 12.6 Å². The first-order chi connectivity index (χ1) is 9.13. The van der Waals surface area contributed by atoms with Crippen LogP contribution in [0.15, 0.2) is 24.3 Å². The second kappa shape index (κ2) is 8.11. The van der Waals surface area contributed by atoms with Crippen LogP contribution in [0.2, 0.25) is 0 Å². The van der Waals surface area contributed by atoms with Crippen molar-refractivity contribution in [3.05, 3.63) is 29.8 Å². The molecule has 0 aliphatic carbocycles. The van der Waals surface area contributed by atoms with E-state index in [0.717, 1.165) is 5.56 Å². The lowest BCUT2D eigenvalue weighted by atomic mass is 10.1. The Hall–Kier alpha value is -2.06. The lowest BCUT2D eigenvalue weighted by Crippen LogP contribution is -2.29. The first kappa shape index (κ1) is 15.0. The summed E-state index contributed by atoms with van der Waals surface area (Å²) in [6.45, 7) is 2.22. The molecule has 102 valence electrons. The number of nitrogens with one attached hydrogen (secondary N) is 1. The molecule has 3 N–H and O–H groups in total. The van der Waals surface area contributed by atoms with Gasteiger partial charge in [-0.05, 0) is 25.0 Å². The molecule has 1 atom stereocenters. The van der Waals surface area contributed by atoms with Crippen molar-refractivity contribution in [1.29, 1.82) is 5.26 Å². The van der Waals surface area contributed by atoms with Crippen molar-refractivity contribution < 1.29 is 9.53 Å². The van der Waals surface area contributed by atoms with Gasteiger partial charge in [-0.25, -0.2) is 0 Å². The largest absolute Gasteiger partial charge is 0.483 e. The van der Waals surface area contributed by atoms with Gasteiger partial charge in [-0.15, -0.1) is 0 Å². The number of carbonyl (C=O) groups excluding carboxylic acids is 1. The van der Waals surface area contributed by atoms with Crippen LogP contribution in [-0.2, 0) is 11.2 Å². The number of nitriles is 1. The van der Waals surface area contributed by atoms with Gasteiger partial charge in [0.1, 0.15) is 5.75 Å². The van der Waals surface area contributed by atoms with Crippen molar-refractivity contribution in [2.75, 3.05) is 13.2 Å². The highest BCUT2D eigenvalue weighted by Crippen LogP contribution is 2.19. The van der Waals surface area contributed by atoms with Crippen LogP contribution in [0, 0.1) is 11.3 Å². The summed E-state index contributed by atoms with van der Waals surface area (Å²) in [6, 6.07) is 9.52. The Balaban J connectivity index is 2.48. The predicted molar refractivity (Wildman–Crippen MR) is 72.5 cm³/mol. The highest BCUT2D eigenvalue weighted by atomic mass is 16.5. The van der Waals surface area contributed by atoms with Crippen molar-refractivity contribution in [2.24, 2.45) is 5.73 Å². The maximum Gasteiger partial charge on any atom is 0.257 e. The molecule has 0 aliphatic heterocycles. The van der Waals surface area contributed by atoms with E-state index in [4.69, 9.17) is 15.7 Å². The number of ether oxygens (including phenoxy) is 1. The fourth-order valence-electron chi connectivity index (χ4n) is 1.61. The van der Waals surface area contributed by atoms with Gasteiger partial charge < -0.3 is 15.8 Å². The number of hydrogen-bond donors (Lipinski definition) is 2. The van der Waals surface area contributed by atoms with Gasteiger partial charge in [0.2, 0.25) is 0 Å². The molecule has 0 fully saturated rings. The van der Waals surface area contributed by atoms with Crippen molar-refractivity contribution >= 4 is 5.91 Å². The van der Waals surface area contributed by atoms with Crippen molar-refractivity contribution in [1.82, 2.24) is 5.32 Å². The van der Waals surface area contributed by atoms with E-state index in [1.165, 1.54) is 0 Å². The van der Waals surface area contributed by atoms with E-state index in [-0.39, 0.29) is 18.6 Å². The molecule has 1 unspecified atom stereocenters. The number of rotatable bonds is 7. The third kappa shape index (κ3) is 5.89. The highest BCUT2D eigenvalue weighted by molar-refractivity contribution is 5.77. The Kier molecular flexibility index (Phi) is 6.41. The number of carbonyl (C=O) groups is 1. The van der Waals surface area contributed by atoms with Gasteiger partial charge in [-0.3, -0.25) is 4.79 Å². The van der Waals surface area contributed by atoms with Crippen LogP contribution in [-0.4, -0.2) is 25.1 Å². The van der Waals surface area contributed by atoms with Gasteiger partial charge in [0.15, 0.2) is 6.61 Å². The summed E-state index contributed by atoms with van der Waals surface area (Å²) < 4.78 is 5.48. The molecule has 1 amide bonds. The molecule has 0 saturated carbocycles. The second-order valence-electron chi connectivity index (χ2n) is 4.34. The summed E-state index contributed by atoms with van der Waals surface area (Å²) in [6.07, 6.45) is 0.999. The van der Waals surface area contributed by atoms with Crippen LogP contribution in [0.1, 0.15) is 18.9 Å². The molecule has 0 radical (unpaired) electrons. The van der Waals surface area contributed by atoms with E-state index in [2.05, 4.69) is 5.32 Å². The Morgan fingerprint density at radius 1 is 1.53 bits per heavy atom. The van der Waals surface area contributed by atoms with Crippen LogP contribution >= 0.6 is 0 Å². The molecule has 0 aliphatic rings. The molecule has 0 saturated heterocycles. The Morgan fingerprint density at radius 3 is 2.95 bits per heavy atom. The molecular weight excluding hydrogens is 242 g/mol. The molecule has 0 spiro atoms. The van der Waals surface area contributed by atoms with E-state index in [0.29, 0.717) is 25.1 Å². The zero-order valence-electron chi connectivity index (χ0n) is 11.1. The first-order valence-corrected chi connectivity index (χ1v) is 6.23. The van der Waals surface area contributed by atoms with Gasteiger partial charge in [-0.2, -0.15) is 5.26 Å². The molecule has 0 heterocycles. The minimum atomic E-state index is -0.231. The van der Waals surface area contributed by atoms with E-state index < -0.39 is 0 Å². The van der Waals surface area contributed by atoms with Gasteiger partial charge in [-0.1, -0.05) is 18.2 Å². The molecule has 5 heteroatoms. The van der Waals surface area contributed by atoms with Crippen LogP contribution in [0.3, 0.4) is 0 Å². The molecule has 1 aromatic carbocycles. The van der Waals surface area contributed by atoms with Crippen LogP contribution in [0.5, 0.6) is 5.75 Å². The number of para-hydroxylation sites is 1. The standard InChI is InChI=1S/C14H19N3O2/c1-11(16)9-12-5-2-3-6-13(12)19-10-14(18)17-8-4-7-15/h2-3,5-6,11H,4,8-10,16H2,1H3,(H,17,18). The third-order valence-corrected chi connectivity index (χ3v) is 2.43. The Bertz CT molecular complexity index is 452. The Morgan fingerprint density at radius 2 is 2.26 bits per heavy atom. The number of amides is 1. The highest BCUT2D eigenvalue weighted by Gasteiger charge is 2.07. The normalized spacial score (nSPS) is 11.4. The fraction of sp³-hybridized carbons (Fsp3) is 0.429. The lowest BCUT2D eigenvalue weighted by molar-refractivity contribution is -0.123. The van der Waals surface area contributed by atoms with E-state index >= 15 is 0 Å². The Labute approximate surface area is 113 Å². The average molecular weight is 261 g/mol. The minimum absolute atomic E-state index is 0.0363. The number of nitrogens with two attached hydrogens (primary N) is 1. The number of hydrogen-bond acceptors (Lipinski definition) is 4. The smallest absolute Gasteiger partial charge is 0.257 e. The lowest BCUT2D eigenvalue weighted by Gasteiger charge is -2.12. The van der Waals surface area contributed by atoms with E-state index in [1.807, 2.05) is 37.3 Å². The van der Waals surface area contributed by atoms with Gasteiger partial charge in [0.05, 0.1) is 12.5 Å². The van der Waals surface area contributed by atoms with Crippen LogP contribution in [0.25, 0.3) is 0 Å². The second-order valence-corrected chi connectivity index (χ2v) is 4.34. The maximum atomic E-state index is 11.5. The summed E-state index contributed by atoms with van der Waals surface area (Å²) in [5, 5.41) is 11.0. The van der Waals surface area contributed by atoms with Crippen molar-refractivity contribution in [3.63, 3.8) is 0 Å².